The van der Waals surface area contributed by atoms with E-state index in [1.54, 1.807) is 6.92 Å². The summed E-state index contributed by atoms with van der Waals surface area (Å²) in [5.74, 6) is 3.59. The number of amides is 1. The maximum absolute atomic E-state index is 15.2. The second-order valence-electron chi connectivity index (χ2n) is 20.7. The van der Waals surface area contributed by atoms with Gasteiger partial charge in [0.2, 0.25) is 5.91 Å². The predicted octanol–water partition coefficient (Wildman–Crippen LogP) is 7.28. The molecule has 0 aromatic rings. The first-order valence-corrected chi connectivity index (χ1v) is 21.2. The van der Waals surface area contributed by atoms with Crippen molar-refractivity contribution in [1.29, 1.82) is 0 Å². The first kappa shape index (κ1) is 35.8. The molecular weight excluding hydrogens is 622 g/mol. The third kappa shape index (κ3) is 5.33. The molecular formula is C43H71N3O4. The van der Waals surface area contributed by atoms with Crippen LogP contribution in [-0.2, 0) is 19.1 Å². The summed E-state index contributed by atoms with van der Waals surface area (Å²) in [5.41, 5.74) is 1.11. The third-order valence-corrected chi connectivity index (χ3v) is 18.5. The fraction of sp³-hybridized carbons (Fsp3) is 0.953. The summed E-state index contributed by atoms with van der Waals surface area (Å²) in [5, 5.41) is 0. The van der Waals surface area contributed by atoms with Gasteiger partial charge in [0.25, 0.3) is 0 Å². The van der Waals surface area contributed by atoms with Crippen LogP contribution in [0.1, 0.15) is 126 Å². The quantitative estimate of drug-likeness (QED) is 0.273. The van der Waals surface area contributed by atoms with Crippen LogP contribution in [0.25, 0.3) is 0 Å². The maximum atomic E-state index is 15.2. The molecule has 8 fully saturated rings. The summed E-state index contributed by atoms with van der Waals surface area (Å²) in [4.78, 5) is 34.8. The zero-order chi connectivity index (χ0) is 35.3. The predicted molar refractivity (Wildman–Crippen MR) is 197 cm³/mol. The van der Waals surface area contributed by atoms with Gasteiger partial charge in [-0.1, -0.05) is 41.5 Å². The average Bonchev–Trinajstić information content (AvgIpc) is 3.70. The van der Waals surface area contributed by atoms with Crippen molar-refractivity contribution in [1.82, 2.24) is 14.7 Å². The van der Waals surface area contributed by atoms with Crippen LogP contribution in [0.3, 0.4) is 0 Å². The van der Waals surface area contributed by atoms with Gasteiger partial charge in [-0.05, 0) is 128 Å². The Balaban J connectivity index is 1.03. The van der Waals surface area contributed by atoms with E-state index in [0.717, 1.165) is 84.8 Å². The highest BCUT2D eigenvalue weighted by Gasteiger charge is 2.73. The van der Waals surface area contributed by atoms with Gasteiger partial charge in [-0.15, -0.1) is 0 Å². The van der Waals surface area contributed by atoms with Crippen molar-refractivity contribution in [3.05, 3.63) is 0 Å². The molecule has 10 atom stereocenters. The molecule has 8 rings (SSSR count). The van der Waals surface area contributed by atoms with E-state index < -0.39 is 0 Å². The SMILES string of the molecule is CC(=O)OC1CCC2(C)C(CCC3(C)C2CCC2C4C(C5(C)CC5)CCC4(C(=O)N4CCN(CCN5CCOCC5)CC4)CCC23C)C1(C)C. The normalized spacial score (nSPS) is 47.0. The van der Waals surface area contributed by atoms with E-state index in [1.807, 2.05) is 0 Å². The number of nitrogens with zero attached hydrogens (tertiary/aromatic N) is 3. The highest BCUT2D eigenvalue weighted by atomic mass is 16.5. The second-order valence-corrected chi connectivity index (χ2v) is 20.7. The van der Waals surface area contributed by atoms with Crippen molar-refractivity contribution in [3.63, 3.8) is 0 Å². The fourth-order valence-electron chi connectivity index (χ4n) is 15.3. The zero-order valence-electron chi connectivity index (χ0n) is 33.0. The number of piperazine rings is 1. The largest absolute Gasteiger partial charge is 0.462 e. The molecule has 0 N–H and O–H groups in total. The number of fused-ring (bicyclic) bond motifs is 7. The van der Waals surface area contributed by atoms with E-state index in [2.05, 4.69) is 56.2 Å². The van der Waals surface area contributed by atoms with Gasteiger partial charge in [0.05, 0.1) is 18.6 Å². The Hall–Kier alpha value is -1.18. The molecule has 282 valence electrons. The fourth-order valence-corrected chi connectivity index (χ4v) is 15.3. The van der Waals surface area contributed by atoms with Crippen LogP contribution < -0.4 is 0 Å². The van der Waals surface area contributed by atoms with Gasteiger partial charge in [-0.2, -0.15) is 0 Å². The molecule has 0 radical (unpaired) electrons. The number of morpholine rings is 1. The van der Waals surface area contributed by atoms with Crippen LogP contribution in [0, 0.1) is 62.1 Å². The molecule has 1 amide bonds. The van der Waals surface area contributed by atoms with E-state index in [0.29, 0.717) is 40.9 Å². The van der Waals surface area contributed by atoms with E-state index in [-0.39, 0.29) is 39.1 Å². The molecule has 7 nitrogen and oxygen atoms in total. The summed E-state index contributed by atoms with van der Waals surface area (Å²) in [7, 11) is 0. The molecule has 2 saturated heterocycles. The molecule has 2 aliphatic heterocycles. The lowest BCUT2D eigenvalue weighted by molar-refractivity contribution is -0.251. The average molecular weight is 694 g/mol. The number of rotatable bonds is 6. The minimum Gasteiger partial charge on any atom is -0.462 e. The van der Waals surface area contributed by atoms with Crippen molar-refractivity contribution in [2.75, 3.05) is 65.6 Å². The molecule has 50 heavy (non-hydrogen) atoms. The topological polar surface area (TPSA) is 62.3 Å². The minimum absolute atomic E-state index is 0.00443. The van der Waals surface area contributed by atoms with Crippen molar-refractivity contribution < 1.29 is 19.1 Å². The van der Waals surface area contributed by atoms with Crippen molar-refractivity contribution in [2.24, 2.45) is 62.1 Å². The molecule has 0 aromatic carbocycles. The summed E-state index contributed by atoms with van der Waals surface area (Å²) in [6, 6.07) is 0. The number of carbonyl (C=O) groups excluding carboxylic acids is 2. The molecule has 8 aliphatic rings. The summed E-state index contributed by atoms with van der Waals surface area (Å²) >= 11 is 0. The second kappa shape index (κ2) is 12.4. The lowest BCUT2D eigenvalue weighted by atomic mass is 9.32. The Bertz CT molecular complexity index is 1320. The molecule has 6 aliphatic carbocycles. The summed E-state index contributed by atoms with van der Waals surface area (Å²) in [6.45, 7) is 27.0. The van der Waals surface area contributed by atoms with Gasteiger partial charge in [-0.25, -0.2) is 0 Å². The van der Waals surface area contributed by atoms with Gasteiger partial charge in [0, 0.05) is 64.7 Å². The first-order chi connectivity index (χ1) is 23.7. The first-order valence-electron chi connectivity index (χ1n) is 21.2. The minimum atomic E-state index is -0.148. The molecule has 6 saturated carbocycles. The standard InChI is InChI=1S/C43H71N3O4/c1-30(47)50-35-12-13-40(5)33(38(35,2)3)11-14-42(7)34(40)9-8-32-36-31(39(4)16-17-39)10-15-43(36,19-18-41(32,42)6)37(48)46-24-22-44(23-25-46)20-21-45-26-28-49-29-27-45/h31-36H,8-29H2,1-7H3. The number of carbonyl (C=O) groups is 2. The Morgan fingerprint density at radius 3 is 2.00 bits per heavy atom. The highest BCUT2D eigenvalue weighted by Crippen LogP contribution is 2.79. The highest BCUT2D eigenvalue weighted by molar-refractivity contribution is 5.84. The van der Waals surface area contributed by atoms with Crippen LogP contribution in [0.5, 0.6) is 0 Å². The molecule has 7 heteroatoms. The maximum Gasteiger partial charge on any atom is 0.302 e. The smallest absolute Gasteiger partial charge is 0.302 e. The van der Waals surface area contributed by atoms with Gasteiger partial charge >= 0.3 is 5.97 Å². The van der Waals surface area contributed by atoms with E-state index in [1.165, 1.54) is 57.8 Å². The van der Waals surface area contributed by atoms with Crippen molar-refractivity contribution >= 4 is 11.9 Å². The monoisotopic (exact) mass is 694 g/mol. The summed E-state index contributed by atoms with van der Waals surface area (Å²) in [6.07, 6.45) is 14.8. The van der Waals surface area contributed by atoms with Gasteiger partial charge < -0.3 is 14.4 Å². The number of hydrogen-bond donors (Lipinski definition) is 0. The van der Waals surface area contributed by atoms with Gasteiger partial charge in [-0.3, -0.25) is 19.4 Å². The molecule has 0 aromatic heterocycles. The van der Waals surface area contributed by atoms with Crippen LogP contribution in [0.15, 0.2) is 0 Å². The lowest BCUT2D eigenvalue weighted by Crippen LogP contribution is -2.68. The Labute approximate surface area is 304 Å². The number of hydrogen-bond acceptors (Lipinski definition) is 6. The Morgan fingerprint density at radius 1 is 0.660 bits per heavy atom. The number of esters is 1. The Kier molecular flexibility index (Phi) is 8.91. The van der Waals surface area contributed by atoms with Crippen LogP contribution in [0.2, 0.25) is 0 Å². The number of ether oxygens (including phenoxy) is 2. The molecule has 0 bridgehead atoms. The van der Waals surface area contributed by atoms with Gasteiger partial charge in [0.1, 0.15) is 6.10 Å². The lowest BCUT2D eigenvalue weighted by Gasteiger charge is -2.73. The van der Waals surface area contributed by atoms with Crippen molar-refractivity contribution in [2.45, 2.75) is 132 Å². The molecule has 2 heterocycles. The van der Waals surface area contributed by atoms with Crippen LogP contribution >= 0.6 is 0 Å². The van der Waals surface area contributed by atoms with E-state index in [9.17, 15) is 4.79 Å². The van der Waals surface area contributed by atoms with E-state index >= 15 is 4.79 Å². The van der Waals surface area contributed by atoms with Crippen LogP contribution in [0.4, 0.5) is 0 Å². The molecule has 10 unspecified atom stereocenters. The third-order valence-electron chi connectivity index (χ3n) is 18.5. The van der Waals surface area contributed by atoms with Crippen LogP contribution in [-0.4, -0.2) is 98.3 Å². The van der Waals surface area contributed by atoms with E-state index in [4.69, 9.17) is 9.47 Å². The summed E-state index contributed by atoms with van der Waals surface area (Å²) < 4.78 is 11.6. The Morgan fingerprint density at radius 2 is 1.34 bits per heavy atom. The zero-order valence-corrected chi connectivity index (χ0v) is 33.0. The van der Waals surface area contributed by atoms with Crippen molar-refractivity contribution in [3.8, 4) is 0 Å². The molecule has 0 spiro atoms. The van der Waals surface area contributed by atoms with Gasteiger partial charge in [0.15, 0.2) is 0 Å².